The summed E-state index contributed by atoms with van der Waals surface area (Å²) in [6, 6.07) is 3.78. The summed E-state index contributed by atoms with van der Waals surface area (Å²) >= 11 is 11.0. The molecule has 1 aromatic heterocycles. The number of benzene rings is 1. The van der Waals surface area contributed by atoms with Gasteiger partial charge in [0.25, 0.3) is 0 Å². The van der Waals surface area contributed by atoms with Crippen molar-refractivity contribution < 1.29 is 19.7 Å². The Hall–Kier alpha value is -1.43. The van der Waals surface area contributed by atoms with E-state index in [1.54, 1.807) is 0 Å². The molecular formula is C12H10Cl2O5. The van der Waals surface area contributed by atoms with Crippen LogP contribution < -0.4 is 5.63 Å². The van der Waals surface area contributed by atoms with E-state index in [1.807, 2.05) is 0 Å². The predicted octanol–water partition coefficient (Wildman–Crippen LogP) is 1.91. The smallest absolute Gasteiger partial charge is 0.347 e. The number of aliphatic hydroxyl groups excluding tert-OH is 1. The van der Waals surface area contributed by atoms with Gasteiger partial charge in [0.15, 0.2) is 0 Å². The van der Waals surface area contributed by atoms with E-state index >= 15 is 0 Å². The van der Waals surface area contributed by atoms with Crippen molar-refractivity contribution >= 4 is 34.0 Å². The van der Waals surface area contributed by atoms with E-state index < -0.39 is 16.6 Å². The molecule has 1 heterocycles. The van der Waals surface area contributed by atoms with Gasteiger partial charge in [0, 0.05) is 12.5 Å². The van der Waals surface area contributed by atoms with Crippen LogP contribution in [0.4, 0.5) is 0 Å². The SMILES string of the molecule is O=c1oc(CC(O)C(Cl)Cl)cc2cc(O)cc(O)c12. The van der Waals surface area contributed by atoms with Crippen molar-refractivity contribution in [3.8, 4) is 11.5 Å². The molecule has 0 saturated heterocycles. The van der Waals surface area contributed by atoms with Gasteiger partial charge >= 0.3 is 5.63 Å². The minimum absolute atomic E-state index is 0.0377. The van der Waals surface area contributed by atoms with E-state index in [2.05, 4.69) is 0 Å². The summed E-state index contributed by atoms with van der Waals surface area (Å²) in [5.74, 6) is -0.403. The summed E-state index contributed by atoms with van der Waals surface area (Å²) in [5, 5.41) is 28.8. The first kappa shape index (κ1) is 14.0. The van der Waals surface area contributed by atoms with Crippen molar-refractivity contribution in [3.05, 3.63) is 34.4 Å². The molecule has 0 spiro atoms. The first-order chi connectivity index (χ1) is 8.88. The number of phenols is 2. The molecule has 3 N–H and O–H groups in total. The molecular weight excluding hydrogens is 295 g/mol. The van der Waals surface area contributed by atoms with E-state index in [0.717, 1.165) is 6.07 Å². The number of rotatable bonds is 3. The highest BCUT2D eigenvalue weighted by atomic mass is 35.5. The van der Waals surface area contributed by atoms with E-state index in [-0.39, 0.29) is 29.1 Å². The van der Waals surface area contributed by atoms with Gasteiger partial charge in [-0.2, -0.15) is 0 Å². The Morgan fingerprint density at radius 3 is 2.53 bits per heavy atom. The lowest BCUT2D eigenvalue weighted by Gasteiger charge is -2.10. The number of hydrogen-bond donors (Lipinski definition) is 3. The number of aromatic hydroxyl groups is 2. The van der Waals surface area contributed by atoms with Gasteiger partial charge < -0.3 is 19.7 Å². The lowest BCUT2D eigenvalue weighted by atomic mass is 10.1. The molecule has 5 nitrogen and oxygen atoms in total. The molecule has 1 aromatic carbocycles. The molecule has 0 saturated carbocycles. The minimum atomic E-state index is -1.09. The van der Waals surface area contributed by atoms with Gasteiger partial charge in [-0.1, -0.05) is 0 Å². The van der Waals surface area contributed by atoms with Gasteiger partial charge in [-0.05, 0) is 17.5 Å². The largest absolute Gasteiger partial charge is 0.508 e. The Kier molecular flexibility index (Phi) is 3.89. The second kappa shape index (κ2) is 5.28. The summed E-state index contributed by atoms with van der Waals surface area (Å²) in [6.07, 6.45) is -1.14. The van der Waals surface area contributed by atoms with Crippen LogP contribution in [0.3, 0.4) is 0 Å². The van der Waals surface area contributed by atoms with Crippen molar-refractivity contribution in [2.75, 3.05) is 0 Å². The fourth-order valence-corrected chi connectivity index (χ4v) is 1.92. The van der Waals surface area contributed by atoms with Crippen LogP contribution in [-0.2, 0) is 6.42 Å². The van der Waals surface area contributed by atoms with Crippen LogP contribution in [0.1, 0.15) is 5.76 Å². The highest BCUT2D eigenvalue weighted by molar-refractivity contribution is 6.44. The maximum absolute atomic E-state index is 11.7. The molecule has 102 valence electrons. The average molecular weight is 305 g/mol. The first-order valence-corrected chi connectivity index (χ1v) is 6.20. The zero-order valence-electron chi connectivity index (χ0n) is 9.51. The van der Waals surface area contributed by atoms with Crippen LogP contribution in [0.2, 0.25) is 0 Å². The van der Waals surface area contributed by atoms with E-state index in [0.29, 0.717) is 5.39 Å². The second-order valence-corrected chi connectivity index (χ2v) is 5.20. The van der Waals surface area contributed by atoms with Gasteiger partial charge in [0.05, 0.1) is 6.10 Å². The van der Waals surface area contributed by atoms with Gasteiger partial charge in [-0.25, -0.2) is 4.79 Å². The zero-order chi connectivity index (χ0) is 14.2. The molecule has 0 radical (unpaired) electrons. The van der Waals surface area contributed by atoms with Crippen molar-refractivity contribution in [1.82, 2.24) is 0 Å². The molecule has 0 bridgehead atoms. The van der Waals surface area contributed by atoms with Gasteiger partial charge in [0.1, 0.15) is 27.5 Å². The highest BCUT2D eigenvalue weighted by Gasteiger charge is 2.17. The minimum Gasteiger partial charge on any atom is -0.508 e. The Morgan fingerprint density at radius 1 is 1.21 bits per heavy atom. The number of alkyl halides is 2. The summed E-state index contributed by atoms with van der Waals surface area (Å²) in [6.45, 7) is 0. The molecule has 1 unspecified atom stereocenters. The molecule has 19 heavy (non-hydrogen) atoms. The summed E-state index contributed by atoms with van der Waals surface area (Å²) in [7, 11) is 0. The monoisotopic (exact) mass is 304 g/mol. The van der Waals surface area contributed by atoms with Crippen molar-refractivity contribution in [3.63, 3.8) is 0 Å². The molecule has 0 fully saturated rings. The molecule has 0 aliphatic rings. The maximum atomic E-state index is 11.7. The number of fused-ring (bicyclic) bond motifs is 1. The van der Waals surface area contributed by atoms with Gasteiger partial charge in [-0.15, -0.1) is 23.2 Å². The van der Waals surface area contributed by atoms with Crippen molar-refractivity contribution in [2.45, 2.75) is 17.4 Å². The van der Waals surface area contributed by atoms with Crippen LogP contribution in [0, 0.1) is 0 Å². The van der Waals surface area contributed by atoms with Crippen LogP contribution >= 0.6 is 23.2 Å². The zero-order valence-corrected chi connectivity index (χ0v) is 11.0. The number of aliphatic hydroxyl groups is 1. The van der Waals surface area contributed by atoms with Crippen LogP contribution in [0.5, 0.6) is 11.5 Å². The molecule has 7 heteroatoms. The predicted molar refractivity (Wildman–Crippen MR) is 71.0 cm³/mol. The summed E-state index contributed by atoms with van der Waals surface area (Å²) < 4.78 is 4.96. The van der Waals surface area contributed by atoms with E-state index in [1.165, 1.54) is 12.1 Å². The number of halogens is 2. The summed E-state index contributed by atoms with van der Waals surface area (Å²) in [4.78, 5) is 10.7. The quantitative estimate of drug-likeness (QED) is 0.754. The maximum Gasteiger partial charge on any atom is 0.347 e. The Morgan fingerprint density at radius 2 is 1.89 bits per heavy atom. The molecule has 0 amide bonds. The topological polar surface area (TPSA) is 90.9 Å². The van der Waals surface area contributed by atoms with Crippen molar-refractivity contribution in [2.24, 2.45) is 0 Å². The molecule has 2 rings (SSSR count). The third-order valence-electron chi connectivity index (χ3n) is 2.58. The lowest BCUT2D eigenvalue weighted by Crippen LogP contribution is -2.19. The first-order valence-electron chi connectivity index (χ1n) is 5.33. The fourth-order valence-electron chi connectivity index (χ4n) is 1.74. The van der Waals surface area contributed by atoms with Crippen LogP contribution in [-0.4, -0.2) is 26.3 Å². The summed E-state index contributed by atoms with van der Waals surface area (Å²) in [5.41, 5.74) is -0.766. The molecule has 0 aliphatic heterocycles. The van der Waals surface area contributed by atoms with Gasteiger partial charge in [-0.3, -0.25) is 0 Å². The molecule has 0 aliphatic carbocycles. The van der Waals surface area contributed by atoms with Crippen LogP contribution in [0.25, 0.3) is 10.8 Å². The van der Waals surface area contributed by atoms with Crippen molar-refractivity contribution in [1.29, 1.82) is 0 Å². The normalized spacial score (nSPS) is 13.1. The Bertz CT molecular complexity index is 665. The Labute approximate surface area is 117 Å². The lowest BCUT2D eigenvalue weighted by molar-refractivity contribution is 0.180. The molecule has 1 atom stereocenters. The fraction of sp³-hybridized carbons (Fsp3) is 0.250. The third-order valence-corrected chi connectivity index (χ3v) is 3.16. The van der Waals surface area contributed by atoms with Crippen LogP contribution in [0.15, 0.2) is 27.4 Å². The van der Waals surface area contributed by atoms with E-state index in [4.69, 9.17) is 27.6 Å². The third kappa shape index (κ3) is 2.94. The number of hydrogen-bond acceptors (Lipinski definition) is 5. The molecule has 2 aromatic rings. The standard InChI is InChI=1S/C12H10Cl2O5/c13-11(14)9(17)4-7-2-5-1-6(15)3-8(16)10(5)12(18)19-7/h1-3,9,11,15-17H,4H2. The highest BCUT2D eigenvalue weighted by Crippen LogP contribution is 2.28. The van der Waals surface area contributed by atoms with Gasteiger partial charge in [0.2, 0.25) is 0 Å². The van der Waals surface area contributed by atoms with E-state index in [9.17, 15) is 20.1 Å². The average Bonchev–Trinajstić information content (AvgIpc) is 2.26. The Balaban J connectivity index is 2.53. The number of phenolic OH excluding ortho intramolecular Hbond substituents is 2. The second-order valence-electron chi connectivity index (χ2n) is 4.04.